The molecule has 12 heteroatoms. The summed E-state index contributed by atoms with van der Waals surface area (Å²) in [6, 6.07) is 3.49. The molecular formula is C23H27F3N6O3. The number of nitrogens with one attached hydrogen (secondary N) is 1. The highest BCUT2D eigenvalue weighted by atomic mass is 19.4. The summed E-state index contributed by atoms with van der Waals surface area (Å²) >= 11 is 0. The van der Waals surface area contributed by atoms with Crippen molar-refractivity contribution in [3.63, 3.8) is 0 Å². The standard InChI is InChI=1S/C23H27F3N6O3/c1-13-20(22(34)32(30(13)3)15-8-6-5-7-9-15)27-21(33)19-14(2)31(29-28-19)18-11-10-16(35-4)12-17(18)23(24,25)26/h10-12,15H,5-9H2,1-4H3,(H,27,33). The van der Waals surface area contributed by atoms with Crippen molar-refractivity contribution in [2.24, 2.45) is 7.05 Å². The van der Waals surface area contributed by atoms with Crippen molar-refractivity contribution >= 4 is 11.6 Å². The SMILES string of the molecule is COc1ccc(-n2nnc(C(=O)Nc3c(C)n(C)n(C4CCCCC4)c3=O)c2C)c(C(F)(F)F)c1. The average Bonchev–Trinajstić information content (AvgIpc) is 3.31. The van der Waals surface area contributed by atoms with Gasteiger partial charge in [-0.05, 0) is 44.9 Å². The molecule has 0 unspecified atom stereocenters. The predicted octanol–water partition coefficient (Wildman–Crippen LogP) is 4.17. The molecule has 4 rings (SSSR count). The minimum absolute atomic E-state index is 0.0330. The maximum Gasteiger partial charge on any atom is 0.418 e. The second-order valence-corrected chi connectivity index (χ2v) is 8.70. The summed E-state index contributed by atoms with van der Waals surface area (Å²) < 4.78 is 50.3. The molecule has 1 aromatic carbocycles. The average molecular weight is 493 g/mol. The van der Waals surface area contributed by atoms with E-state index in [0.29, 0.717) is 5.69 Å². The van der Waals surface area contributed by atoms with Gasteiger partial charge in [0.25, 0.3) is 11.5 Å². The van der Waals surface area contributed by atoms with Gasteiger partial charge in [-0.1, -0.05) is 24.5 Å². The van der Waals surface area contributed by atoms with Gasteiger partial charge in [0.2, 0.25) is 0 Å². The summed E-state index contributed by atoms with van der Waals surface area (Å²) in [5.74, 6) is -0.692. The Balaban J connectivity index is 1.67. The van der Waals surface area contributed by atoms with Gasteiger partial charge in [-0.2, -0.15) is 13.2 Å². The van der Waals surface area contributed by atoms with E-state index >= 15 is 0 Å². The highest BCUT2D eigenvalue weighted by Crippen LogP contribution is 2.36. The molecule has 0 spiro atoms. The molecule has 188 valence electrons. The third kappa shape index (κ3) is 4.44. The number of halogens is 3. The number of rotatable bonds is 5. The lowest BCUT2D eigenvalue weighted by molar-refractivity contribution is -0.137. The van der Waals surface area contributed by atoms with Gasteiger partial charge in [-0.25, -0.2) is 9.36 Å². The molecule has 3 aromatic rings. The fraction of sp³-hybridized carbons (Fsp3) is 0.478. The molecular weight excluding hydrogens is 465 g/mol. The monoisotopic (exact) mass is 492 g/mol. The molecule has 0 aliphatic heterocycles. The summed E-state index contributed by atoms with van der Waals surface area (Å²) in [7, 11) is 3.04. The van der Waals surface area contributed by atoms with Gasteiger partial charge in [0, 0.05) is 7.05 Å². The zero-order valence-electron chi connectivity index (χ0n) is 19.9. The lowest BCUT2D eigenvalue weighted by atomic mass is 9.96. The molecule has 1 aliphatic carbocycles. The summed E-state index contributed by atoms with van der Waals surface area (Å²) in [6.07, 6.45) is 0.309. The third-order valence-electron chi connectivity index (χ3n) is 6.60. The summed E-state index contributed by atoms with van der Waals surface area (Å²) in [4.78, 5) is 26.2. The normalized spacial score (nSPS) is 14.8. The van der Waals surface area contributed by atoms with Crippen LogP contribution < -0.4 is 15.6 Å². The van der Waals surface area contributed by atoms with Crippen LogP contribution in [0.1, 0.15) is 65.6 Å². The Morgan fingerprint density at radius 1 is 1.14 bits per heavy atom. The molecule has 1 N–H and O–H groups in total. The van der Waals surface area contributed by atoms with Gasteiger partial charge in [0.1, 0.15) is 11.4 Å². The highest BCUT2D eigenvalue weighted by molar-refractivity contribution is 6.03. The Labute approximate surface area is 199 Å². The third-order valence-corrected chi connectivity index (χ3v) is 6.60. The van der Waals surface area contributed by atoms with Crippen LogP contribution in [-0.2, 0) is 13.2 Å². The van der Waals surface area contributed by atoms with Crippen LogP contribution >= 0.6 is 0 Å². The van der Waals surface area contributed by atoms with Crippen LogP contribution in [0.15, 0.2) is 23.0 Å². The van der Waals surface area contributed by atoms with Crippen LogP contribution in [0.25, 0.3) is 5.69 Å². The smallest absolute Gasteiger partial charge is 0.418 e. The van der Waals surface area contributed by atoms with Crippen molar-refractivity contribution < 1.29 is 22.7 Å². The summed E-state index contributed by atoms with van der Waals surface area (Å²) in [6.45, 7) is 3.17. The van der Waals surface area contributed by atoms with Crippen LogP contribution in [0.3, 0.4) is 0 Å². The first kappa shape index (κ1) is 24.6. The molecule has 9 nitrogen and oxygen atoms in total. The molecule has 35 heavy (non-hydrogen) atoms. The molecule has 0 radical (unpaired) electrons. The molecule has 1 saturated carbocycles. The summed E-state index contributed by atoms with van der Waals surface area (Å²) in [5, 5.41) is 10.2. The molecule has 0 bridgehead atoms. The fourth-order valence-corrected chi connectivity index (χ4v) is 4.60. The quantitative estimate of drug-likeness (QED) is 0.577. The molecule has 0 atom stereocenters. The van der Waals surface area contributed by atoms with Gasteiger partial charge >= 0.3 is 6.18 Å². The Kier molecular flexibility index (Phi) is 6.48. The number of carbonyl (C=O) groups excluding carboxylic acids is 1. The van der Waals surface area contributed by atoms with E-state index < -0.39 is 17.6 Å². The van der Waals surface area contributed by atoms with Gasteiger partial charge in [-0.3, -0.25) is 14.3 Å². The van der Waals surface area contributed by atoms with Crippen molar-refractivity contribution in [2.75, 3.05) is 12.4 Å². The van der Waals surface area contributed by atoms with Crippen LogP contribution in [0.2, 0.25) is 0 Å². The lowest BCUT2D eigenvalue weighted by Gasteiger charge is -2.24. The van der Waals surface area contributed by atoms with E-state index in [1.54, 1.807) is 23.3 Å². The largest absolute Gasteiger partial charge is 0.497 e. The maximum absolute atomic E-state index is 13.7. The van der Waals surface area contributed by atoms with E-state index in [0.717, 1.165) is 42.9 Å². The Morgan fingerprint density at radius 2 is 1.83 bits per heavy atom. The molecule has 1 aliphatic rings. The number of methoxy groups -OCH3 is 1. The van der Waals surface area contributed by atoms with Gasteiger partial charge < -0.3 is 10.1 Å². The second-order valence-electron chi connectivity index (χ2n) is 8.70. The highest BCUT2D eigenvalue weighted by Gasteiger charge is 2.36. The van der Waals surface area contributed by atoms with E-state index in [2.05, 4.69) is 15.6 Å². The number of carbonyl (C=O) groups is 1. The van der Waals surface area contributed by atoms with Crippen LogP contribution in [-0.4, -0.2) is 37.4 Å². The first-order valence-electron chi connectivity index (χ1n) is 11.3. The number of alkyl halides is 3. The van der Waals surface area contributed by atoms with Crippen molar-refractivity contribution in [1.82, 2.24) is 24.4 Å². The fourth-order valence-electron chi connectivity index (χ4n) is 4.60. The van der Waals surface area contributed by atoms with Gasteiger partial charge in [-0.15, -0.1) is 5.10 Å². The second kappa shape index (κ2) is 9.23. The van der Waals surface area contributed by atoms with Crippen molar-refractivity contribution in [1.29, 1.82) is 0 Å². The summed E-state index contributed by atoms with van der Waals surface area (Å²) in [5.41, 5.74) is -0.972. The van der Waals surface area contributed by atoms with Crippen molar-refractivity contribution in [2.45, 2.75) is 58.2 Å². The predicted molar refractivity (Wildman–Crippen MR) is 122 cm³/mol. The topological polar surface area (TPSA) is 96.0 Å². The number of nitrogens with zero attached hydrogens (tertiary/aromatic N) is 5. The Hall–Kier alpha value is -3.57. The Morgan fingerprint density at radius 3 is 2.46 bits per heavy atom. The molecule has 2 aromatic heterocycles. The first-order chi connectivity index (χ1) is 16.5. The van der Waals surface area contributed by atoms with E-state index in [4.69, 9.17) is 4.74 Å². The van der Waals surface area contributed by atoms with Crippen LogP contribution in [0.4, 0.5) is 18.9 Å². The van der Waals surface area contributed by atoms with Gasteiger partial charge in [0.05, 0.1) is 35.8 Å². The van der Waals surface area contributed by atoms with E-state index in [1.807, 2.05) is 0 Å². The van der Waals surface area contributed by atoms with E-state index in [1.165, 1.54) is 26.2 Å². The number of anilines is 1. The van der Waals surface area contributed by atoms with Crippen molar-refractivity contribution in [3.8, 4) is 11.4 Å². The molecule has 2 heterocycles. The number of ether oxygens (including phenoxy) is 1. The van der Waals surface area contributed by atoms with Crippen LogP contribution in [0.5, 0.6) is 5.75 Å². The molecule has 1 fully saturated rings. The molecule has 0 saturated heterocycles. The molecule has 1 amide bonds. The minimum Gasteiger partial charge on any atom is -0.497 e. The lowest BCUT2D eigenvalue weighted by Crippen LogP contribution is -2.29. The first-order valence-corrected chi connectivity index (χ1v) is 11.3. The number of hydrogen-bond donors (Lipinski definition) is 1. The van der Waals surface area contributed by atoms with Crippen LogP contribution in [0, 0.1) is 13.8 Å². The van der Waals surface area contributed by atoms with E-state index in [-0.39, 0.29) is 40.1 Å². The van der Waals surface area contributed by atoms with E-state index in [9.17, 15) is 22.8 Å². The maximum atomic E-state index is 13.7. The number of aromatic nitrogens is 5. The van der Waals surface area contributed by atoms with Crippen molar-refractivity contribution in [3.05, 3.63) is 51.2 Å². The minimum atomic E-state index is -4.68. The van der Waals surface area contributed by atoms with Gasteiger partial charge in [0.15, 0.2) is 5.69 Å². The zero-order chi connectivity index (χ0) is 25.5. The Bertz CT molecular complexity index is 1320. The number of benzene rings is 1. The number of amides is 1. The zero-order valence-corrected chi connectivity index (χ0v) is 19.9. The number of hydrogen-bond acceptors (Lipinski definition) is 5.